The van der Waals surface area contributed by atoms with Crippen molar-refractivity contribution in [2.24, 2.45) is 11.3 Å². The summed E-state index contributed by atoms with van der Waals surface area (Å²) in [5, 5.41) is 9.25. The van der Waals surface area contributed by atoms with E-state index in [-0.39, 0.29) is 18.1 Å². The molecule has 0 saturated carbocycles. The van der Waals surface area contributed by atoms with Gasteiger partial charge in [0, 0.05) is 18.0 Å². The van der Waals surface area contributed by atoms with Gasteiger partial charge in [-0.2, -0.15) is 0 Å². The van der Waals surface area contributed by atoms with Crippen LogP contribution in [0.5, 0.6) is 0 Å². The third kappa shape index (κ3) is 2.55. The molecule has 2 atom stereocenters. The highest BCUT2D eigenvalue weighted by Gasteiger charge is 2.33. The van der Waals surface area contributed by atoms with Crippen LogP contribution < -0.4 is 0 Å². The van der Waals surface area contributed by atoms with Crippen molar-refractivity contribution >= 4 is 6.29 Å². The Kier molecular flexibility index (Phi) is 3.67. The molecule has 82 valence electrons. The van der Waals surface area contributed by atoms with Crippen LogP contribution in [0.2, 0.25) is 0 Å². The van der Waals surface area contributed by atoms with E-state index < -0.39 is 0 Å². The monoisotopic (exact) mass is 199 g/mol. The molecule has 0 bridgehead atoms. The number of carbonyl (C=O) groups excluding carboxylic acids is 1. The van der Waals surface area contributed by atoms with Crippen molar-refractivity contribution in [2.45, 2.75) is 33.2 Å². The standard InChI is InChI=1S/C11H21NO2/c1-9-4-5-12(10(9)6-13)7-11(2,3)8-14/h8-10,13H,4-7H2,1-3H3. The van der Waals surface area contributed by atoms with Gasteiger partial charge in [-0.3, -0.25) is 4.90 Å². The highest BCUT2D eigenvalue weighted by Crippen LogP contribution is 2.26. The van der Waals surface area contributed by atoms with E-state index in [0.717, 1.165) is 25.8 Å². The van der Waals surface area contributed by atoms with Gasteiger partial charge in [-0.25, -0.2) is 0 Å². The van der Waals surface area contributed by atoms with Crippen molar-refractivity contribution in [3.05, 3.63) is 0 Å². The first-order chi connectivity index (χ1) is 6.50. The van der Waals surface area contributed by atoms with Crippen molar-refractivity contribution in [1.82, 2.24) is 4.90 Å². The van der Waals surface area contributed by atoms with Crippen molar-refractivity contribution in [3.63, 3.8) is 0 Å². The highest BCUT2D eigenvalue weighted by atomic mass is 16.3. The molecule has 0 radical (unpaired) electrons. The fourth-order valence-electron chi connectivity index (χ4n) is 2.14. The number of aliphatic hydroxyl groups is 1. The number of carbonyl (C=O) groups is 1. The third-order valence-electron chi connectivity index (χ3n) is 3.11. The van der Waals surface area contributed by atoms with E-state index in [1.807, 2.05) is 13.8 Å². The normalized spacial score (nSPS) is 29.4. The number of rotatable bonds is 4. The van der Waals surface area contributed by atoms with Gasteiger partial charge in [-0.15, -0.1) is 0 Å². The van der Waals surface area contributed by atoms with Crippen molar-refractivity contribution < 1.29 is 9.90 Å². The minimum absolute atomic E-state index is 0.204. The summed E-state index contributed by atoms with van der Waals surface area (Å²) in [5.74, 6) is 0.544. The molecule has 0 amide bonds. The van der Waals surface area contributed by atoms with E-state index >= 15 is 0 Å². The quantitative estimate of drug-likeness (QED) is 0.684. The Morgan fingerprint density at radius 3 is 2.71 bits per heavy atom. The topological polar surface area (TPSA) is 40.5 Å². The first kappa shape index (κ1) is 11.7. The van der Waals surface area contributed by atoms with Crippen molar-refractivity contribution in [3.8, 4) is 0 Å². The van der Waals surface area contributed by atoms with E-state index in [0.29, 0.717) is 5.92 Å². The number of aldehydes is 1. The summed E-state index contributed by atoms with van der Waals surface area (Å²) in [6.45, 7) is 8.01. The van der Waals surface area contributed by atoms with Gasteiger partial charge in [-0.1, -0.05) is 20.8 Å². The lowest BCUT2D eigenvalue weighted by Gasteiger charge is -2.30. The van der Waals surface area contributed by atoms with Crippen LogP contribution in [0.3, 0.4) is 0 Å². The summed E-state index contributed by atoms with van der Waals surface area (Å²) >= 11 is 0. The second-order valence-electron chi connectivity index (χ2n) is 5.09. The Labute approximate surface area is 86.1 Å². The van der Waals surface area contributed by atoms with Crippen LogP contribution in [-0.4, -0.2) is 42.0 Å². The van der Waals surface area contributed by atoms with Crippen LogP contribution in [-0.2, 0) is 4.79 Å². The van der Waals surface area contributed by atoms with Crippen LogP contribution >= 0.6 is 0 Å². The second kappa shape index (κ2) is 4.41. The number of hydrogen-bond acceptors (Lipinski definition) is 3. The van der Waals surface area contributed by atoms with Crippen LogP contribution in [0.25, 0.3) is 0 Å². The summed E-state index contributed by atoms with van der Waals surface area (Å²) in [4.78, 5) is 13.0. The first-order valence-corrected chi connectivity index (χ1v) is 5.31. The van der Waals surface area contributed by atoms with Crippen LogP contribution in [0.1, 0.15) is 27.2 Å². The molecule has 3 heteroatoms. The molecule has 0 aromatic carbocycles. The lowest BCUT2D eigenvalue weighted by Crippen LogP contribution is -2.41. The Hall–Kier alpha value is -0.410. The van der Waals surface area contributed by atoms with E-state index in [1.165, 1.54) is 0 Å². The fraction of sp³-hybridized carbons (Fsp3) is 0.909. The molecule has 3 nitrogen and oxygen atoms in total. The van der Waals surface area contributed by atoms with Gasteiger partial charge in [0.05, 0.1) is 6.61 Å². The zero-order valence-corrected chi connectivity index (χ0v) is 9.36. The fourth-order valence-corrected chi connectivity index (χ4v) is 2.14. The summed E-state index contributed by atoms with van der Waals surface area (Å²) in [5.41, 5.74) is -0.294. The molecule has 0 aromatic rings. The van der Waals surface area contributed by atoms with E-state index in [9.17, 15) is 9.90 Å². The van der Waals surface area contributed by atoms with Gasteiger partial charge < -0.3 is 9.90 Å². The van der Waals surface area contributed by atoms with Crippen LogP contribution in [0.15, 0.2) is 0 Å². The maximum absolute atomic E-state index is 10.8. The lowest BCUT2D eigenvalue weighted by atomic mass is 9.94. The van der Waals surface area contributed by atoms with Gasteiger partial charge in [0.25, 0.3) is 0 Å². The summed E-state index contributed by atoms with van der Waals surface area (Å²) < 4.78 is 0. The zero-order chi connectivity index (χ0) is 10.8. The number of hydrogen-bond donors (Lipinski definition) is 1. The molecule has 1 fully saturated rings. The second-order valence-corrected chi connectivity index (χ2v) is 5.09. The van der Waals surface area contributed by atoms with Gasteiger partial charge in [0.15, 0.2) is 0 Å². The maximum Gasteiger partial charge on any atom is 0.126 e. The van der Waals surface area contributed by atoms with Gasteiger partial charge >= 0.3 is 0 Å². The smallest absolute Gasteiger partial charge is 0.126 e. The third-order valence-corrected chi connectivity index (χ3v) is 3.11. The van der Waals surface area contributed by atoms with E-state index in [4.69, 9.17) is 0 Å². The van der Waals surface area contributed by atoms with Gasteiger partial charge in [-0.05, 0) is 18.9 Å². The molecule has 1 aliphatic rings. The molecule has 1 aliphatic heterocycles. The van der Waals surface area contributed by atoms with E-state index in [2.05, 4.69) is 11.8 Å². The van der Waals surface area contributed by atoms with Crippen LogP contribution in [0, 0.1) is 11.3 Å². The molecule has 14 heavy (non-hydrogen) atoms. The molecular weight excluding hydrogens is 178 g/mol. The number of likely N-dealkylation sites (tertiary alicyclic amines) is 1. The molecule has 0 aromatic heterocycles. The predicted octanol–water partition coefficient (Wildman–Crippen LogP) is 0.914. The number of nitrogens with zero attached hydrogens (tertiary/aromatic N) is 1. The largest absolute Gasteiger partial charge is 0.395 e. The average Bonchev–Trinajstić information content (AvgIpc) is 2.46. The average molecular weight is 199 g/mol. The molecule has 2 unspecified atom stereocenters. The molecule has 1 rings (SSSR count). The van der Waals surface area contributed by atoms with Crippen molar-refractivity contribution in [1.29, 1.82) is 0 Å². The molecule has 0 spiro atoms. The SMILES string of the molecule is CC1CCN(CC(C)(C)C=O)C1CO. The molecular formula is C11H21NO2. The Morgan fingerprint density at radius 2 is 2.21 bits per heavy atom. The maximum atomic E-state index is 10.8. The zero-order valence-electron chi connectivity index (χ0n) is 9.36. The lowest BCUT2D eigenvalue weighted by molar-refractivity contribution is -0.115. The minimum Gasteiger partial charge on any atom is -0.395 e. The summed E-state index contributed by atoms with van der Waals surface area (Å²) in [6, 6.07) is 0.245. The molecule has 1 heterocycles. The molecule has 1 saturated heterocycles. The number of aliphatic hydroxyl groups excluding tert-OH is 1. The molecule has 0 aliphatic carbocycles. The van der Waals surface area contributed by atoms with E-state index in [1.54, 1.807) is 0 Å². The first-order valence-electron chi connectivity index (χ1n) is 5.31. The Balaban J connectivity index is 2.57. The summed E-state index contributed by atoms with van der Waals surface area (Å²) in [7, 11) is 0. The van der Waals surface area contributed by atoms with Crippen molar-refractivity contribution in [2.75, 3.05) is 19.7 Å². The Bertz CT molecular complexity index is 203. The van der Waals surface area contributed by atoms with Gasteiger partial charge in [0.1, 0.15) is 6.29 Å². The Morgan fingerprint density at radius 1 is 1.57 bits per heavy atom. The van der Waals surface area contributed by atoms with Gasteiger partial charge in [0.2, 0.25) is 0 Å². The van der Waals surface area contributed by atoms with Crippen LogP contribution in [0.4, 0.5) is 0 Å². The highest BCUT2D eigenvalue weighted by molar-refractivity contribution is 5.58. The molecule has 1 N–H and O–H groups in total. The minimum atomic E-state index is -0.294. The predicted molar refractivity (Wildman–Crippen MR) is 56.1 cm³/mol. The summed E-state index contributed by atoms with van der Waals surface area (Å²) in [6.07, 6.45) is 2.13.